The second-order valence-electron chi connectivity index (χ2n) is 6.04. The van der Waals surface area contributed by atoms with E-state index in [0.717, 1.165) is 11.1 Å². The van der Waals surface area contributed by atoms with E-state index in [1.807, 2.05) is 30.4 Å². The van der Waals surface area contributed by atoms with Crippen molar-refractivity contribution >= 4 is 40.1 Å². The second-order valence-corrected chi connectivity index (χ2v) is 6.04. The number of aliphatic carboxylic acids is 1. The summed E-state index contributed by atoms with van der Waals surface area (Å²) in [5, 5.41) is 17.2. The maximum absolute atomic E-state index is 12.5. The first-order valence-corrected chi connectivity index (χ1v) is 8.46. The Morgan fingerprint density at radius 3 is 2.32 bits per heavy atom. The van der Waals surface area contributed by atoms with Crippen molar-refractivity contribution in [3.8, 4) is 0 Å². The van der Waals surface area contributed by atoms with E-state index in [2.05, 4.69) is 25.4 Å². The molecular formula is C19H12F3N5O4. The zero-order valence-corrected chi connectivity index (χ0v) is 15.3. The Balaban J connectivity index is 0.000000339. The van der Waals surface area contributed by atoms with Crippen LogP contribution in [-0.4, -0.2) is 42.6 Å². The molecular weight excluding hydrogens is 419 g/mol. The zero-order chi connectivity index (χ0) is 22.6. The number of nitrogens with one attached hydrogen (secondary N) is 2. The lowest BCUT2D eigenvalue weighted by Gasteiger charge is -1.96. The van der Waals surface area contributed by atoms with Gasteiger partial charge in [0.2, 0.25) is 5.43 Å². The number of aromatic nitrogens is 5. The summed E-state index contributed by atoms with van der Waals surface area (Å²) in [4.78, 5) is 40.2. The first-order valence-electron chi connectivity index (χ1n) is 8.46. The average molecular weight is 431 g/mol. The summed E-state index contributed by atoms with van der Waals surface area (Å²) >= 11 is 0. The lowest BCUT2D eigenvalue weighted by molar-refractivity contribution is -0.192. The largest absolute Gasteiger partial charge is 0.490 e. The van der Waals surface area contributed by atoms with E-state index in [-0.39, 0.29) is 16.5 Å². The predicted octanol–water partition coefficient (Wildman–Crippen LogP) is 2.36. The molecule has 3 N–H and O–H groups in total. The number of rotatable bonds is 2. The highest BCUT2D eigenvalue weighted by Gasteiger charge is 2.38. The van der Waals surface area contributed by atoms with Crippen molar-refractivity contribution in [3.05, 3.63) is 74.4 Å². The van der Waals surface area contributed by atoms with Gasteiger partial charge < -0.3 is 10.1 Å². The van der Waals surface area contributed by atoms with Gasteiger partial charge in [0.1, 0.15) is 5.52 Å². The molecule has 0 aliphatic carbocycles. The molecule has 0 spiro atoms. The molecule has 1 aromatic carbocycles. The number of alkyl halides is 3. The van der Waals surface area contributed by atoms with Crippen molar-refractivity contribution in [2.75, 3.05) is 0 Å². The van der Waals surface area contributed by atoms with Gasteiger partial charge in [-0.3, -0.25) is 19.7 Å². The summed E-state index contributed by atoms with van der Waals surface area (Å²) in [5.74, 6) is -2.76. The minimum absolute atomic E-state index is 0.00470. The van der Waals surface area contributed by atoms with Gasteiger partial charge >= 0.3 is 12.1 Å². The number of pyridine rings is 1. The summed E-state index contributed by atoms with van der Waals surface area (Å²) in [7, 11) is 0. The van der Waals surface area contributed by atoms with Crippen LogP contribution in [0.5, 0.6) is 0 Å². The van der Waals surface area contributed by atoms with Crippen molar-refractivity contribution in [2.24, 2.45) is 0 Å². The number of hydrogen-bond acceptors (Lipinski definition) is 6. The van der Waals surface area contributed by atoms with Crippen LogP contribution >= 0.6 is 0 Å². The number of carboxylic acid groups (broad SMARTS) is 1. The van der Waals surface area contributed by atoms with Crippen molar-refractivity contribution < 1.29 is 23.1 Å². The quantitative estimate of drug-likeness (QED) is 0.442. The molecule has 3 aromatic heterocycles. The molecule has 0 aliphatic rings. The minimum atomic E-state index is -5.08. The van der Waals surface area contributed by atoms with E-state index in [4.69, 9.17) is 9.90 Å². The summed E-state index contributed by atoms with van der Waals surface area (Å²) in [6, 6.07) is 9.02. The molecule has 9 nitrogen and oxygen atoms in total. The van der Waals surface area contributed by atoms with Crippen LogP contribution in [0.15, 0.2) is 52.3 Å². The number of nitrogens with zero attached hydrogens (tertiary/aromatic N) is 3. The number of carbonyl (C=O) groups is 1. The van der Waals surface area contributed by atoms with Gasteiger partial charge in [0.05, 0.1) is 5.52 Å². The molecule has 31 heavy (non-hydrogen) atoms. The Morgan fingerprint density at radius 1 is 1.03 bits per heavy atom. The average Bonchev–Trinajstić information content (AvgIpc) is 3.19. The van der Waals surface area contributed by atoms with Crippen LogP contribution in [0.3, 0.4) is 0 Å². The molecule has 0 atom stereocenters. The van der Waals surface area contributed by atoms with Crippen LogP contribution < -0.4 is 11.0 Å². The summed E-state index contributed by atoms with van der Waals surface area (Å²) in [6.07, 6.45) is 2.17. The number of aromatic amines is 2. The molecule has 0 saturated carbocycles. The SMILES string of the molecule is O=C(O)C(F)(F)F.O=c1[nH]c2cc(/C=C/c3ccncc3)ccc2c(=O)c2[nH]nnc12. The van der Waals surface area contributed by atoms with Gasteiger partial charge in [0.25, 0.3) is 5.56 Å². The normalized spacial score (nSPS) is 11.5. The smallest absolute Gasteiger partial charge is 0.475 e. The molecule has 3 heterocycles. The maximum Gasteiger partial charge on any atom is 0.490 e. The number of fused-ring (bicyclic) bond motifs is 2. The Labute approximate surface area is 169 Å². The molecule has 0 amide bonds. The summed E-state index contributed by atoms with van der Waals surface area (Å²) < 4.78 is 31.7. The third-order valence-electron chi connectivity index (χ3n) is 3.94. The van der Waals surface area contributed by atoms with Crippen molar-refractivity contribution in [1.82, 2.24) is 25.4 Å². The molecule has 0 unspecified atom stereocenters. The fourth-order valence-corrected chi connectivity index (χ4v) is 2.50. The monoisotopic (exact) mass is 431 g/mol. The van der Waals surface area contributed by atoms with Crippen LogP contribution in [0.1, 0.15) is 11.1 Å². The summed E-state index contributed by atoms with van der Waals surface area (Å²) in [6.45, 7) is 0. The predicted molar refractivity (Wildman–Crippen MR) is 105 cm³/mol. The maximum atomic E-state index is 12.5. The first kappa shape index (κ1) is 21.4. The van der Waals surface area contributed by atoms with Crippen LogP contribution in [0, 0.1) is 0 Å². The topological polar surface area (TPSA) is 142 Å². The van der Waals surface area contributed by atoms with Crippen LogP contribution in [0.2, 0.25) is 0 Å². The number of carboxylic acids is 1. The lowest BCUT2D eigenvalue weighted by Crippen LogP contribution is -2.21. The molecule has 0 bridgehead atoms. The van der Waals surface area contributed by atoms with Gasteiger partial charge in [-0.2, -0.15) is 13.2 Å². The van der Waals surface area contributed by atoms with Gasteiger partial charge in [-0.25, -0.2) is 4.79 Å². The standard InChI is InChI=1S/C17H11N5O2.C2HF3O2/c23-16-12-4-3-11(2-1-10-5-7-18-8-6-10)9-13(12)19-17(24)15-14(16)20-22-21-15;3-2(4,5)1(6)7/h1-9H,(H,19,24)(H,20,21,22);(H,6,7)/b2-1+;. The van der Waals surface area contributed by atoms with Gasteiger partial charge in [0, 0.05) is 17.8 Å². The van der Waals surface area contributed by atoms with Crippen molar-refractivity contribution in [3.63, 3.8) is 0 Å². The number of benzene rings is 1. The third kappa shape index (κ3) is 4.98. The molecule has 0 fully saturated rings. The molecule has 12 heteroatoms. The highest BCUT2D eigenvalue weighted by Crippen LogP contribution is 2.14. The fraction of sp³-hybridized carbons (Fsp3) is 0.0526. The van der Waals surface area contributed by atoms with Crippen LogP contribution in [0.4, 0.5) is 13.2 Å². The van der Waals surface area contributed by atoms with Gasteiger partial charge in [-0.05, 0) is 35.4 Å². The fourth-order valence-electron chi connectivity index (χ4n) is 2.50. The van der Waals surface area contributed by atoms with Crippen LogP contribution in [0.25, 0.3) is 34.1 Å². The van der Waals surface area contributed by atoms with E-state index in [1.54, 1.807) is 24.5 Å². The Bertz CT molecular complexity index is 1400. The second kappa shape index (κ2) is 8.57. The number of hydrogen-bond donors (Lipinski definition) is 3. The zero-order valence-electron chi connectivity index (χ0n) is 15.3. The van der Waals surface area contributed by atoms with E-state index in [1.165, 1.54) is 0 Å². The first-order chi connectivity index (χ1) is 14.7. The Morgan fingerprint density at radius 2 is 1.68 bits per heavy atom. The molecule has 158 valence electrons. The summed E-state index contributed by atoms with van der Waals surface area (Å²) in [5.41, 5.74) is 1.65. The lowest BCUT2D eigenvalue weighted by atomic mass is 10.1. The van der Waals surface area contributed by atoms with E-state index in [0.29, 0.717) is 10.9 Å². The molecule has 4 aromatic rings. The molecule has 0 radical (unpaired) electrons. The number of H-pyrrole nitrogens is 2. The van der Waals surface area contributed by atoms with Crippen LogP contribution in [-0.2, 0) is 4.79 Å². The number of halogens is 3. The van der Waals surface area contributed by atoms with Gasteiger partial charge in [0.15, 0.2) is 5.52 Å². The highest BCUT2D eigenvalue weighted by atomic mass is 19.4. The Kier molecular flexibility index (Phi) is 5.90. The molecule has 4 rings (SSSR count). The van der Waals surface area contributed by atoms with Crippen molar-refractivity contribution in [1.29, 1.82) is 0 Å². The van der Waals surface area contributed by atoms with E-state index in [9.17, 15) is 22.8 Å². The van der Waals surface area contributed by atoms with E-state index < -0.39 is 17.7 Å². The third-order valence-corrected chi connectivity index (χ3v) is 3.94. The Hall–Kier alpha value is -4.35. The van der Waals surface area contributed by atoms with Crippen molar-refractivity contribution in [2.45, 2.75) is 6.18 Å². The minimum Gasteiger partial charge on any atom is -0.475 e. The van der Waals surface area contributed by atoms with E-state index >= 15 is 0 Å². The molecule has 0 saturated heterocycles. The highest BCUT2D eigenvalue weighted by molar-refractivity contribution is 5.88. The molecule has 0 aliphatic heterocycles. The van der Waals surface area contributed by atoms with Gasteiger partial charge in [-0.1, -0.05) is 23.4 Å². The van der Waals surface area contributed by atoms with Gasteiger partial charge in [-0.15, -0.1) is 5.10 Å².